The van der Waals surface area contributed by atoms with Gasteiger partial charge in [-0.25, -0.2) is 0 Å². The van der Waals surface area contributed by atoms with Gasteiger partial charge in [0.15, 0.2) is 0 Å². The van der Waals surface area contributed by atoms with Crippen LogP contribution in [0.3, 0.4) is 0 Å². The number of carbonyl (C=O) groups is 1. The number of benzene rings is 1. The van der Waals surface area contributed by atoms with E-state index >= 15 is 0 Å². The van der Waals surface area contributed by atoms with Gasteiger partial charge in [0.1, 0.15) is 0 Å². The maximum Gasteiger partial charge on any atom is 0.254 e. The molecule has 1 heterocycles. The lowest BCUT2D eigenvalue weighted by molar-refractivity contribution is 0.0232. The van der Waals surface area contributed by atoms with E-state index in [1.807, 2.05) is 31.3 Å². The van der Waals surface area contributed by atoms with E-state index in [2.05, 4.69) is 29.0 Å². The number of hydrogen-bond acceptors (Lipinski definition) is 3. The second-order valence-corrected chi connectivity index (χ2v) is 7.96. The summed E-state index contributed by atoms with van der Waals surface area (Å²) in [6, 6.07) is 8.35. The van der Waals surface area contributed by atoms with Gasteiger partial charge in [-0.1, -0.05) is 19.3 Å². The molecule has 138 valence electrons. The Kier molecular flexibility index (Phi) is 6.00. The van der Waals surface area contributed by atoms with Crippen LogP contribution in [0.5, 0.6) is 0 Å². The van der Waals surface area contributed by atoms with Gasteiger partial charge in [-0.3, -0.25) is 9.69 Å². The molecule has 2 unspecified atom stereocenters. The van der Waals surface area contributed by atoms with Gasteiger partial charge in [0.05, 0.1) is 0 Å². The number of anilines is 1. The predicted molar refractivity (Wildman–Crippen MR) is 104 cm³/mol. The van der Waals surface area contributed by atoms with Crippen molar-refractivity contribution in [1.82, 2.24) is 9.80 Å². The molecular formula is C21H33N3O. The van der Waals surface area contributed by atoms with Crippen LogP contribution in [0.4, 0.5) is 5.69 Å². The zero-order valence-electron chi connectivity index (χ0n) is 16.0. The fourth-order valence-electron chi connectivity index (χ4n) is 4.65. The van der Waals surface area contributed by atoms with Gasteiger partial charge in [-0.2, -0.15) is 0 Å². The first kappa shape index (κ1) is 18.2. The Morgan fingerprint density at radius 2 is 1.64 bits per heavy atom. The SMILES string of the molecule is CNc1ccc(C(=O)N2C(C)CN(CC3CCCCC3)CC2C)cc1. The van der Waals surface area contributed by atoms with E-state index in [0.717, 1.165) is 30.3 Å². The van der Waals surface area contributed by atoms with E-state index in [4.69, 9.17) is 0 Å². The molecule has 1 aromatic carbocycles. The van der Waals surface area contributed by atoms with Crippen LogP contribution in [0.25, 0.3) is 0 Å². The Bertz CT molecular complexity index is 553. The van der Waals surface area contributed by atoms with Gasteiger partial charge in [-0.05, 0) is 56.9 Å². The van der Waals surface area contributed by atoms with Crippen molar-refractivity contribution >= 4 is 11.6 Å². The van der Waals surface area contributed by atoms with Crippen LogP contribution in [0, 0.1) is 5.92 Å². The van der Waals surface area contributed by atoms with Crippen molar-refractivity contribution in [2.45, 2.75) is 58.0 Å². The van der Waals surface area contributed by atoms with Crippen molar-refractivity contribution in [3.63, 3.8) is 0 Å². The van der Waals surface area contributed by atoms with Crippen LogP contribution in [0.2, 0.25) is 0 Å². The Morgan fingerprint density at radius 1 is 1.04 bits per heavy atom. The number of piperazine rings is 1. The molecule has 4 nitrogen and oxygen atoms in total. The normalized spacial score (nSPS) is 25.8. The first-order valence-corrected chi connectivity index (χ1v) is 9.91. The molecule has 2 atom stereocenters. The number of hydrogen-bond donors (Lipinski definition) is 1. The number of carbonyl (C=O) groups excluding carboxylic acids is 1. The predicted octanol–water partition coefficient (Wildman–Crippen LogP) is 3.84. The van der Waals surface area contributed by atoms with Crippen LogP contribution in [0.15, 0.2) is 24.3 Å². The lowest BCUT2D eigenvalue weighted by Gasteiger charge is -2.45. The highest BCUT2D eigenvalue weighted by Crippen LogP contribution is 2.27. The number of nitrogens with one attached hydrogen (secondary N) is 1. The van der Waals surface area contributed by atoms with Crippen molar-refractivity contribution in [1.29, 1.82) is 0 Å². The molecule has 2 fully saturated rings. The molecule has 0 spiro atoms. The summed E-state index contributed by atoms with van der Waals surface area (Å²) in [7, 11) is 1.90. The summed E-state index contributed by atoms with van der Waals surface area (Å²) in [5.74, 6) is 1.03. The fraction of sp³-hybridized carbons (Fsp3) is 0.667. The average molecular weight is 344 g/mol. The number of amides is 1. The van der Waals surface area contributed by atoms with Gasteiger partial charge in [0.2, 0.25) is 0 Å². The van der Waals surface area contributed by atoms with E-state index < -0.39 is 0 Å². The molecule has 1 aromatic rings. The quantitative estimate of drug-likeness (QED) is 0.902. The van der Waals surface area contributed by atoms with Crippen LogP contribution >= 0.6 is 0 Å². The molecule has 1 amide bonds. The van der Waals surface area contributed by atoms with E-state index in [0.29, 0.717) is 0 Å². The Balaban J connectivity index is 1.62. The Hall–Kier alpha value is -1.55. The largest absolute Gasteiger partial charge is 0.388 e. The van der Waals surface area contributed by atoms with Gasteiger partial charge in [0, 0.05) is 50.0 Å². The monoisotopic (exact) mass is 343 g/mol. The zero-order valence-corrected chi connectivity index (χ0v) is 16.0. The molecule has 1 saturated carbocycles. The summed E-state index contributed by atoms with van der Waals surface area (Å²) in [5, 5.41) is 3.10. The smallest absolute Gasteiger partial charge is 0.254 e. The number of rotatable bonds is 4. The Labute approximate surface area is 152 Å². The summed E-state index contributed by atoms with van der Waals surface area (Å²) in [6.45, 7) is 7.61. The molecule has 1 aliphatic carbocycles. The third-order valence-corrected chi connectivity index (χ3v) is 5.89. The van der Waals surface area contributed by atoms with Crippen molar-refractivity contribution in [3.8, 4) is 0 Å². The van der Waals surface area contributed by atoms with Gasteiger partial charge in [-0.15, -0.1) is 0 Å². The third kappa shape index (κ3) is 4.35. The summed E-state index contributed by atoms with van der Waals surface area (Å²) in [4.78, 5) is 17.7. The van der Waals surface area contributed by atoms with Crippen LogP contribution in [0.1, 0.15) is 56.3 Å². The molecule has 0 radical (unpaired) electrons. The first-order chi connectivity index (χ1) is 12.1. The van der Waals surface area contributed by atoms with E-state index in [1.165, 1.54) is 38.6 Å². The highest BCUT2D eigenvalue weighted by Gasteiger charge is 2.34. The minimum absolute atomic E-state index is 0.167. The van der Waals surface area contributed by atoms with Crippen LogP contribution in [-0.4, -0.2) is 54.5 Å². The fourth-order valence-corrected chi connectivity index (χ4v) is 4.65. The minimum atomic E-state index is 0.167. The first-order valence-electron chi connectivity index (χ1n) is 9.91. The van der Waals surface area contributed by atoms with Crippen molar-refractivity contribution < 1.29 is 4.79 Å². The van der Waals surface area contributed by atoms with Gasteiger partial charge in [0.25, 0.3) is 5.91 Å². The van der Waals surface area contributed by atoms with Crippen LogP contribution in [-0.2, 0) is 0 Å². The van der Waals surface area contributed by atoms with E-state index in [-0.39, 0.29) is 18.0 Å². The molecule has 1 N–H and O–H groups in total. The lowest BCUT2D eigenvalue weighted by Crippen LogP contribution is -2.59. The molecule has 1 saturated heterocycles. The van der Waals surface area contributed by atoms with Crippen molar-refractivity contribution in [2.75, 3.05) is 32.0 Å². The van der Waals surface area contributed by atoms with Crippen LogP contribution < -0.4 is 5.32 Å². The standard InChI is InChI=1S/C21H33N3O/c1-16-13-23(15-18-7-5-4-6-8-18)14-17(2)24(16)21(25)19-9-11-20(22-3)12-10-19/h9-12,16-18,22H,4-8,13-15H2,1-3H3. The average Bonchev–Trinajstić information content (AvgIpc) is 2.62. The second-order valence-electron chi connectivity index (χ2n) is 7.96. The highest BCUT2D eigenvalue weighted by molar-refractivity contribution is 5.95. The summed E-state index contributed by atoms with van der Waals surface area (Å²) >= 11 is 0. The van der Waals surface area contributed by atoms with Crippen molar-refractivity contribution in [2.24, 2.45) is 5.92 Å². The van der Waals surface area contributed by atoms with Crippen molar-refractivity contribution in [3.05, 3.63) is 29.8 Å². The summed E-state index contributed by atoms with van der Waals surface area (Å²) < 4.78 is 0. The lowest BCUT2D eigenvalue weighted by atomic mass is 9.88. The molecule has 25 heavy (non-hydrogen) atoms. The molecule has 2 aliphatic rings. The molecule has 0 bridgehead atoms. The Morgan fingerprint density at radius 3 is 2.20 bits per heavy atom. The molecule has 0 aromatic heterocycles. The molecule has 3 rings (SSSR count). The van der Waals surface area contributed by atoms with Gasteiger partial charge < -0.3 is 10.2 Å². The molecular weight excluding hydrogens is 310 g/mol. The summed E-state index contributed by atoms with van der Waals surface area (Å²) in [6.07, 6.45) is 6.99. The van der Waals surface area contributed by atoms with E-state index in [1.54, 1.807) is 0 Å². The zero-order chi connectivity index (χ0) is 17.8. The third-order valence-electron chi connectivity index (χ3n) is 5.89. The molecule has 4 heteroatoms. The second kappa shape index (κ2) is 8.22. The summed E-state index contributed by atoms with van der Waals surface area (Å²) in [5.41, 5.74) is 1.83. The minimum Gasteiger partial charge on any atom is -0.388 e. The van der Waals surface area contributed by atoms with Gasteiger partial charge >= 0.3 is 0 Å². The van der Waals surface area contributed by atoms with E-state index in [9.17, 15) is 4.79 Å². The number of nitrogens with zero attached hydrogens (tertiary/aromatic N) is 2. The highest BCUT2D eigenvalue weighted by atomic mass is 16.2. The maximum absolute atomic E-state index is 13.0. The molecule has 1 aliphatic heterocycles. The topological polar surface area (TPSA) is 35.6 Å². The maximum atomic E-state index is 13.0.